The summed E-state index contributed by atoms with van der Waals surface area (Å²) in [6.45, 7) is 10.1. The molecule has 2 N–H and O–H groups in total. The molecule has 12 heteroatoms. The van der Waals surface area contributed by atoms with E-state index in [2.05, 4.69) is 23.6 Å². The number of piperidine rings is 2. The summed E-state index contributed by atoms with van der Waals surface area (Å²) in [6.07, 6.45) is 5.58. The molecule has 0 aromatic heterocycles. The number of esters is 1. The molecule has 1 heterocycles. The van der Waals surface area contributed by atoms with Crippen molar-refractivity contribution in [2.24, 2.45) is 28.6 Å². The van der Waals surface area contributed by atoms with Crippen LogP contribution in [0.5, 0.6) is 11.5 Å². The van der Waals surface area contributed by atoms with E-state index >= 15 is 0 Å². The molecule has 1 aromatic carbocycles. The highest BCUT2D eigenvalue weighted by atomic mass is 16.6. The van der Waals surface area contributed by atoms with Gasteiger partial charge in [0.25, 0.3) is 5.91 Å². The maximum Gasteiger partial charge on any atom is 0.410 e. The van der Waals surface area contributed by atoms with Crippen LogP contribution in [0.25, 0.3) is 0 Å². The lowest BCUT2D eigenvalue weighted by atomic mass is 9.61. The van der Waals surface area contributed by atoms with Gasteiger partial charge in [0, 0.05) is 18.7 Å². The Morgan fingerprint density at radius 1 is 1.04 bits per heavy atom. The van der Waals surface area contributed by atoms with E-state index in [0.29, 0.717) is 38.6 Å². The summed E-state index contributed by atoms with van der Waals surface area (Å²) in [5.74, 6) is -0.836. The van der Waals surface area contributed by atoms with Crippen LogP contribution in [0, 0.1) is 39.9 Å². The number of rotatable bonds is 9. The van der Waals surface area contributed by atoms with Crippen molar-refractivity contribution in [3.63, 3.8) is 0 Å². The van der Waals surface area contributed by atoms with Gasteiger partial charge in [-0.1, -0.05) is 13.3 Å². The zero-order valence-corrected chi connectivity index (χ0v) is 29.7. The summed E-state index contributed by atoms with van der Waals surface area (Å²) in [7, 11) is 2.82. The van der Waals surface area contributed by atoms with Crippen molar-refractivity contribution in [2.75, 3.05) is 20.8 Å². The summed E-state index contributed by atoms with van der Waals surface area (Å²) in [4.78, 5) is 55.5. The van der Waals surface area contributed by atoms with Crippen LogP contribution in [0.2, 0.25) is 0 Å². The van der Waals surface area contributed by atoms with Crippen molar-refractivity contribution in [3.8, 4) is 17.6 Å². The number of likely N-dealkylation sites (tertiary alicyclic amines) is 1. The number of nitrogens with zero attached hydrogens (tertiary/aromatic N) is 2. The number of methoxy groups -OCH3 is 2. The topological polar surface area (TPSA) is 156 Å². The molecule has 2 bridgehead atoms. The van der Waals surface area contributed by atoms with E-state index < -0.39 is 35.0 Å². The lowest BCUT2D eigenvalue weighted by Gasteiger charge is -2.57. The number of fused-ring (bicyclic) bond motifs is 1. The molecule has 3 unspecified atom stereocenters. The quantitative estimate of drug-likeness (QED) is 0.353. The molecular weight excluding hydrogens is 628 g/mol. The molecule has 6 atom stereocenters. The largest absolute Gasteiger partial charge is 0.496 e. The third-order valence-corrected chi connectivity index (χ3v) is 11.9. The van der Waals surface area contributed by atoms with Gasteiger partial charge >= 0.3 is 12.1 Å². The second-order valence-corrected chi connectivity index (χ2v) is 16.4. The van der Waals surface area contributed by atoms with E-state index in [9.17, 15) is 24.4 Å². The minimum atomic E-state index is -0.722. The predicted octanol–water partition coefficient (Wildman–Crippen LogP) is 4.73. The zero-order chi connectivity index (χ0) is 35.5. The van der Waals surface area contributed by atoms with Crippen molar-refractivity contribution in [2.45, 2.75) is 116 Å². The molecule has 266 valence electrons. The maximum absolute atomic E-state index is 14.1. The third-order valence-electron chi connectivity index (χ3n) is 11.9. The normalized spacial score (nSPS) is 32.1. The van der Waals surface area contributed by atoms with Crippen molar-refractivity contribution >= 4 is 23.9 Å². The van der Waals surface area contributed by atoms with Gasteiger partial charge in [-0.05, 0) is 96.0 Å². The maximum atomic E-state index is 14.1. The molecule has 1 aromatic rings. The summed E-state index contributed by atoms with van der Waals surface area (Å²) >= 11 is 0. The Bertz CT molecular complexity index is 1550. The van der Waals surface area contributed by atoms with Gasteiger partial charge in [0.15, 0.2) is 0 Å². The number of benzene rings is 1. The summed E-state index contributed by atoms with van der Waals surface area (Å²) in [5.41, 5.74) is -0.801. The molecular formula is C37H50N4O8. The second kappa shape index (κ2) is 12.7. The first-order chi connectivity index (χ1) is 23.1. The SMILES string of the molecule is COC(=O)C1(C)CCC(Oc2cc(C(=O)N[C@H]3C4C5C[C@H]([C@@H]4C(=O)NCC4(C)CCC4)N(C(=O)OC(C)(C)C)C53)c(OC)cc2C#N)CC1. The Labute approximate surface area is 288 Å². The van der Waals surface area contributed by atoms with Gasteiger partial charge in [-0.25, -0.2) is 4.79 Å². The fourth-order valence-corrected chi connectivity index (χ4v) is 8.97. The van der Waals surface area contributed by atoms with Crippen LogP contribution >= 0.6 is 0 Å². The van der Waals surface area contributed by atoms with Crippen molar-refractivity contribution < 1.29 is 38.1 Å². The summed E-state index contributed by atoms with van der Waals surface area (Å²) < 4.78 is 22.7. The van der Waals surface area contributed by atoms with Crippen LogP contribution < -0.4 is 20.1 Å². The molecule has 4 aliphatic carbocycles. The first-order valence-corrected chi connectivity index (χ1v) is 17.6. The molecule has 49 heavy (non-hydrogen) atoms. The fraction of sp³-hybridized carbons (Fsp3) is 0.703. The molecule has 4 saturated carbocycles. The number of carbonyl (C=O) groups is 4. The van der Waals surface area contributed by atoms with E-state index in [1.54, 1.807) is 4.90 Å². The Kier molecular flexibility index (Phi) is 9.03. The number of hydrogen-bond donors (Lipinski definition) is 2. The molecule has 1 saturated heterocycles. The van der Waals surface area contributed by atoms with Gasteiger partial charge in [-0.2, -0.15) is 5.26 Å². The average molecular weight is 679 g/mol. The van der Waals surface area contributed by atoms with E-state index in [1.165, 1.54) is 26.4 Å². The second-order valence-electron chi connectivity index (χ2n) is 16.4. The highest BCUT2D eigenvalue weighted by Gasteiger charge is 2.73. The Hall–Kier alpha value is -4.01. The number of amides is 3. The Morgan fingerprint density at radius 2 is 1.73 bits per heavy atom. The lowest BCUT2D eigenvalue weighted by molar-refractivity contribution is -0.154. The van der Waals surface area contributed by atoms with E-state index in [4.69, 9.17) is 18.9 Å². The average Bonchev–Trinajstić information content (AvgIpc) is 3.56. The summed E-state index contributed by atoms with van der Waals surface area (Å²) in [5, 5.41) is 16.3. The van der Waals surface area contributed by atoms with Gasteiger partial charge in [0.2, 0.25) is 5.91 Å². The van der Waals surface area contributed by atoms with Gasteiger partial charge in [-0.15, -0.1) is 0 Å². The highest BCUT2D eigenvalue weighted by Crippen LogP contribution is 2.61. The number of hydrogen-bond acceptors (Lipinski definition) is 9. The molecule has 0 radical (unpaired) electrons. The molecule has 12 nitrogen and oxygen atoms in total. The fourth-order valence-electron chi connectivity index (χ4n) is 8.97. The van der Waals surface area contributed by atoms with Crippen LogP contribution in [0.15, 0.2) is 12.1 Å². The first-order valence-electron chi connectivity index (χ1n) is 17.6. The molecule has 3 amide bonds. The number of carbonyl (C=O) groups excluding carboxylic acids is 4. The Balaban J connectivity index is 1.22. The third kappa shape index (κ3) is 6.30. The van der Waals surface area contributed by atoms with Crippen LogP contribution in [-0.4, -0.2) is 79.4 Å². The van der Waals surface area contributed by atoms with E-state index in [0.717, 1.165) is 19.3 Å². The molecule has 0 spiro atoms. The van der Waals surface area contributed by atoms with Crippen LogP contribution in [0.3, 0.4) is 0 Å². The highest BCUT2D eigenvalue weighted by molar-refractivity contribution is 5.98. The number of ether oxygens (including phenoxy) is 4. The Morgan fingerprint density at radius 3 is 2.31 bits per heavy atom. The monoisotopic (exact) mass is 678 g/mol. The molecule has 5 fully saturated rings. The van der Waals surface area contributed by atoms with Gasteiger partial charge < -0.3 is 29.6 Å². The van der Waals surface area contributed by atoms with E-state index in [-0.39, 0.29) is 69.9 Å². The lowest BCUT2D eigenvalue weighted by Crippen LogP contribution is -2.74. The van der Waals surface area contributed by atoms with Gasteiger partial charge in [0.05, 0.1) is 54.9 Å². The minimum absolute atomic E-state index is 0.0709. The molecule has 6 rings (SSSR count). The number of nitriles is 1. The summed E-state index contributed by atoms with van der Waals surface area (Å²) in [6, 6.07) is 4.11. The predicted molar refractivity (Wildman–Crippen MR) is 178 cm³/mol. The zero-order valence-electron chi connectivity index (χ0n) is 29.7. The van der Waals surface area contributed by atoms with E-state index in [1.807, 2.05) is 27.7 Å². The van der Waals surface area contributed by atoms with Crippen LogP contribution in [-0.2, 0) is 19.1 Å². The number of nitrogens with one attached hydrogen (secondary N) is 2. The minimum Gasteiger partial charge on any atom is -0.496 e. The van der Waals surface area contributed by atoms with Crippen molar-refractivity contribution in [1.82, 2.24) is 15.5 Å². The van der Waals surface area contributed by atoms with Gasteiger partial charge in [0.1, 0.15) is 23.2 Å². The van der Waals surface area contributed by atoms with Crippen molar-refractivity contribution in [1.29, 1.82) is 5.26 Å². The smallest absolute Gasteiger partial charge is 0.410 e. The van der Waals surface area contributed by atoms with Crippen LogP contribution in [0.1, 0.15) is 102 Å². The van der Waals surface area contributed by atoms with Crippen LogP contribution in [0.4, 0.5) is 4.79 Å². The molecule has 1 aliphatic heterocycles. The van der Waals surface area contributed by atoms with Crippen molar-refractivity contribution in [3.05, 3.63) is 23.3 Å². The first kappa shape index (κ1) is 34.8. The molecule has 5 aliphatic rings. The standard InChI is InChI=1S/C37H50N4O8/c1-35(2,3)49-34(45)41-24-16-23-27(28(24)32(43)39-19-36(4)11-8-12-36)29(30(23)41)40-31(42)22-17-25(20(18-38)15-26(22)46-6)48-21-9-13-37(5,14-10-21)33(44)47-7/h15,17,21,23-24,27-30H,8-14,16,19H2,1-7H3,(H,39,43)(H,40,42)/t21?,23?,24-,27?,28+,29+,30?,37?/m1/s1. The van der Waals surface area contributed by atoms with Gasteiger partial charge in [-0.3, -0.25) is 19.3 Å².